The Morgan fingerprint density at radius 2 is 2.16 bits per heavy atom. The van der Waals surface area contributed by atoms with E-state index < -0.39 is 15.6 Å². The Morgan fingerprint density at radius 1 is 1.47 bits per heavy atom. The molecular weight excluding hydrogens is 266 g/mol. The quantitative estimate of drug-likeness (QED) is 0.687. The molecule has 0 bridgehead atoms. The van der Waals surface area contributed by atoms with E-state index in [4.69, 9.17) is 5.73 Å². The number of anilines is 2. The van der Waals surface area contributed by atoms with Gasteiger partial charge in [-0.3, -0.25) is 0 Å². The molecule has 1 heterocycles. The van der Waals surface area contributed by atoms with Gasteiger partial charge in [-0.1, -0.05) is 0 Å². The van der Waals surface area contributed by atoms with Gasteiger partial charge in [-0.05, 0) is 38.6 Å². The van der Waals surface area contributed by atoms with E-state index in [1.807, 2.05) is 4.90 Å². The number of rotatable bonds is 3. The molecule has 2 rings (SSSR count). The summed E-state index contributed by atoms with van der Waals surface area (Å²) in [5.74, 6) is 0. The standard InChI is InChI=1S/C12H19N3O3S/c1-12(16)5-6-15(8-12)10-4-3-9(13)7-11(10)19(17,18)14-2/h3-4,7,14,16H,5-6,8,13H2,1-2H3. The summed E-state index contributed by atoms with van der Waals surface area (Å²) in [6.07, 6.45) is 0.608. The van der Waals surface area contributed by atoms with Gasteiger partial charge in [0, 0.05) is 18.8 Å². The van der Waals surface area contributed by atoms with Crippen LogP contribution in [0.4, 0.5) is 11.4 Å². The Kier molecular flexibility index (Phi) is 3.46. The van der Waals surface area contributed by atoms with E-state index in [2.05, 4.69) is 4.72 Å². The third kappa shape index (κ3) is 2.83. The first kappa shape index (κ1) is 14.1. The second kappa shape index (κ2) is 4.66. The number of nitrogens with two attached hydrogens (primary N) is 1. The lowest BCUT2D eigenvalue weighted by atomic mass is 10.1. The molecule has 1 atom stereocenters. The predicted molar refractivity (Wildman–Crippen MR) is 74.6 cm³/mol. The Balaban J connectivity index is 2.47. The van der Waals surface area contributed by atoms with Gasteiger partial charge in [0.2, 0.25) is 10.0 Å². The number of nitrogens with one attached hydrogen (secondary N) is 1. The number of benzene rings is 1. The van der Waals surface area contributed by atoms with Crippen LogP contribution in [0.3, 0.4) is 0 Å². The SMILES string of the molecule is CNS(=O)(=O)c1cc(N)ccc1N1CCC(C)(O)C1. The minimum Gasteiger partial charge on any atom is -0.399 e. The number of hydrogen-bond donors (Lipinski definition) is 3. The molecule has 6 nitrogen and oxygen atoms in total. The molecule has 0 spiro atoms. The maximum atomic E-state index is 12.0. The van der Waals surface area contributed by atoms with E-state index in [0.29, 0.717) is 30.9 Å². The van der Waals surface area contributed by atoms with Crippen LogP contribution in [0, 0.1) is 0 Å². The lowest BCUT2D eigenvalue weighted by Gasteiger charge is -2.23. The molecule has 106 valence electrons. The smallest absolute Gasteiger partial charge is 0.242 e. The van der Waals surface area contributed by atoms with Gasteiger partial charge in [0.25, 0.3) is 0 Å². The van der Waals surface area contributed by atoms with Gasteiger partial charge in [-0.2, -0.15) is 0 Å². The number of nitrogens with zero attached hydrogens (tertiary/aromatic N) is 1. The molecule has 7 heteroatoms. The topological polar surface area (TPSA) is 95.7 Å². The van der Waals surface area contributed by atoms with Crippen molar-refractivity contribution in [2.45, 2.75) is 23.8 Å². The molecule has 1 unspecified atom stereocenters. The van der Waals surface area contributed by atoms with Gasteiger partial charge in [0.05, 0.1) is 11.3 Å². The summed E-state index contributed by atoms with van der Waals surface area (Å²) in [6, 6.07) is 4.78. The summed E-state index contributed by atoms with van der Waals surface area (Å²) >= 11 is 0. The molecule has 1 aromatic carbocycles. The van der Waals surface area contributed by atoms with E-state index in [9.17, 15) is 13.5 Å². The molecule has 1 aromatic rings. The average Bonchev–Trinajstić information content (AvgIpc) is 2.69. The Morgan fingerprint density at radius 3 is 2.68 bits per heavy atom. The van der Waals surface area contributed by atoms with Gasteiger partial charge in [0.1, 0.15) is 4.90 Å². The second-order valence-corrected chi connectivity index (χ2v) is 6.96. The second-order valence-electron chi connectivity index (χ2n) is 5.10. The van der Waals surface area contributed by atoms with Gasteiger partial charge in [0.15, 0.2) is 0 Å². The van der Waals surface area contributed by atoms with Crippen molar-refractivity contribution in [1.82, 2.24) is 4.72 Å². The third-order valence-corrected chi connectivity index (χ3v) is 4.78. The summed E-state index contributed by atoms with van der Waals surface area (Å²) in [4.78, 5) is 2.01. The summed E-state index contributed by atoms with van der Waals surface area (Å²) in [6.45, 7) is 2.77. The van der Waals surface area contributed by atoms with Gasteiger partial charge in [-0.15, -0.1) is 0 Å². The van der Waals surface area contributed by atoms with Gasteiger partial charge in [-0.25, -0.2) is 13.1 Å². The molecule has 0 saturated carbocycles. The van der Waals surface area contributed by atoms with Gasteiger partial charge >= 0.3 is 0 Å². The van der Waals surface area contributed by atoms with Crippen LogP contribution in [0.15, 0.2) is 23.1 Å². The average molecular weight is 285 g/mol. The molecule has 4 N–H and O–H groups in total. The highest BCUT2D eigenvalue weighted by Gasteiger charge is 2.33. The monoisotopic (exact) mass is 285 g/mol. The zero-order valence-electron chi connectivity index (χ0n) is 11.0. The highest BCUT2D eigenvalue weighted by molar-refractivity contribution is 7.89. The molecule has 1 aliphatic rings. The zero-order valence-corrected chi connectivity index (χ0v) is 11.9. The molecule has 0 aromatic heterocycles. The molecule has 19 heavy (non-hydrogen) atoms. The zero-order chi connectivity index (χ0) is 14.3. The van der Waals surface area contributed by atoms with Crippen LogP contribution in [-0.2, 0) is 10.0 Å². The number of nitrogen functional groups attached to an aromatic ring is 1. The molecule has 1 fully saturated rings. The lowest BCUT2D eigenvalue weighted by molar-refractivity contribution is 0.0839. The fourth-order valence-corrected chi connectivity index (χ4v) is 3.25. The normalized spacial score (nSPS) is 23.8. The third-order valence-electron chi connectivity index (χ3n) is 3.33. The first-order valence-corrected chi connectivity index (χ1v) is 7.54. The van der Waals surface area contributed by atoms with Crippen molar-refractivity contribution in [1.29, 1.82) is 0 Å². The molecule has 1 aliphatic heterocycles. The maximum Gasteiger partial charge on any atom is 0.242 e. The molecular formula is C12H19N3O3S. The fourth-order valence-electron chi connectivity index (χ4n) is 2.27. The van der Waals surface area contributed by atoms with Gasteiger partial charge < -0.3 is 15.7 Å². The van der Waals surface area contributed by atoms with E-state index >= 15 is 0 Å². The largest absolute Gasteiger partial charge is 0.399 e. The highest BCUT2D eigenvalue weighted by Crippen LogP contribution is 2.32. The van der Waals surface area contributed by atoms with Crippen LogP contribution < -0.4 is 15.4 Å². The molecule has 0 amide bonds. The number of β-amino-alcohol motifs (C(OH)–C–C–N with tert-alkyl or cyclic N) is 1. The Hall–Kier alpha value is -1.31. The van der Waals surface area contributed by atoms with Crippen molar-refractivity contribution in [2.24, 2.45) is 0 Å². The van der Waals surface area contributed by atoms with Crippen LogP contribution in [0.2, 0.25) is 0 Å². The summed E-state index contributed by atoms with van der Waals surface area (Å²) in [5, 5.41) is 10.0. The number of hydrogen-bond acceptors (Lipinski definition) is 5. The fraction of sp³-hybridized carbons (Fsp3) is 0.500. The lowest BCUT2D eigenvalue weighted by Crippen LogP contribution is -2.31. The first-order chi connectivity index (χ1) is 8.75. The van der Waals surface area contributed by atoms with Crippen molar-refractivity contribution < 1.29 is 13.5 Å². The molecule has 1 saturated heterocycles. The van der Waals surface area contributed by atoms with Crippen LogP contribution in [-0.4, -0.2) is 39.3 Å². The van der Waals surface area contributed by atoms with Crippen molar-refractivity contribution in [3.05, 3.63) is 18.2 Å². The minimum absolute atomic E-state index is 0.146. The first-order valence-electron chi connectivity index (χ1n) is 6.06. The van der Waals surface area contributed by atoms with E-state index in [-0.39, 0.29) is 4.90 Å². The van der Waals surface area contributed by atoms with Crippen molar-refractivity contribution in [2.75, 3.05) is 30.8 Å². The summed E-state index contributed by atoms with van der Waals surface area (Å²) < 4.78 is 26.4. The Bertz CT molecular complexity index is 584. The minimum atomic E-state index is -3.58. The molecule has 0 radical (unpaired) electrons. The maximum absolute atomic E-state index is 12.0. The summed E-state index contributed by atoms with van der Waals surface area (Å²) in [7, 11) is -2.22. The predicted octanol–water partition coefficient (Wildman–Crippen LogP) is 0.138. The summed E-state index contributed by atoms with van der Waals surface area (Å²) in [5.41, 5.74) is 5.84. The van der Waals surface area contributed by atoms with Crippen LogP contribution in [0.5, 0.6) is 0 Å². The van der Waals surface area contributed by atoms with E-state index in [1.165, 1.54) is 13.1 Å². The van der Waals surface area contributed by atoms with Crippen LogP contribution in [0.1, 0.15) is 13.3 Å². The van der Waals surface area contributed by atoms with Crippen LogP contribution in [0.25, 0.3) is 0 Å². The Labute approximate surface area is 113 Å². The number of aliphatic hydroxyl groups is 1. The van der Waals surface area contributed by atoms with Crippen molar-refractivity contribution >= 4 is 21.4 Å². The van der Waals surface area contributed by atoms with Crippen LogP contribution >= 0.6 is 0 Å². The highest BCUT2D eigenvalue weighted by atomic mass is 32.2. The van der Waals surface area contributed by atoms with Crippen molar-refractivity contribution in [3.63, 3.8) is 0 Å². The van der Waals surface area contributed by atoms with Crippen molar-refractivity contribution in [3.8, 4) is 0 Å². The van der Waals surface area contributed by atoms with E-state index in [0.717, 1.165) is 0 Å². The molecule has 0 aliphatic carbocycles. The van der Waals surface area contributed by atoms with E-state index in [1.54, 1.807) is 19.1 Å². The number of sulfonamides is 1.